The van der Waals surface area contributed by atoms with Crippen molar-refractivity contribution in [2.75, 3.05) is 12.4 Å². The number of anilines is 1. The zero-order valence-corrected chi connectivity index (χ0v) is 16.5. The number of methoxy groups -OCH3 is 1. The molecule has 1 N–H and O–H groups in total. The van der Waals surface area contributed by atoms with Gasteiger partial charge in [-0.05, 0) is 42.3 Å². The van der Waals surface area contributed by atoms with Crippen LogP contribution in [0.5, 0.6) is 11.5 Å². The Balaban J connectivity index is 1.70. The Kier molecular flexibility index (Phi) is 6.18. The third-order valence-electron chi connectivity index (χ3n) is 4.10. The first-order valence-electron chi connectivity index (χ1n) is 8.49. The van der Waals surface area contributed by atoms with Crippen molar-refractivity contribution in [2.45, 2.75) is 20.1 Å². The Labute approximate surface area is 163 Å². The molecule has 0 unspecified atom stereocenters. The second kappa shape index (κ2) is 8.77. The molecule has 0 saturated carbocycles. The lowest BCUT2D eigenvalue weighted by Gasteiger charge is -2.15. The largest absolute Gasteiger partial charge is 0.493 e. The molecule has 0 spiro atoms. The Bertz CT molecular complexity index is 848. The number of nitrogens with one attached hydrogen (secondary N) is 1. The maximum atomic E-state index is 5.95. The second-order valence-electron chi connectivity index (χ2n) is 6.09. The fourth-order valence-corrected chi connectivity index (χ4v) is 3.05. The molecule has 0 amide bonds. The van der Waals surface area contributed by atoms with Crippen LogP contribution in [0.2, 0.25) is 0 Å². The fourth-order valence-electron chi connectivity index (χ4n) is 2.59. The van der Waals surface area contributed by atoms with Crippen molar-refractivity contribution < 1.29 is 9.47 Å². The van der Waals surface area contributed by atoms with Gasteiger partial charge in [0.15, 0.2) is 11.5 Å². The summed E-state index contributed by atoms with van der Waals surface area (Å²) in [6.45, 7) is 3.28. The van der Waals surface area contributed by atoms with Crippen molar-refractivity contribution in [1.82, 2.24) is 0 Å². The van der Waals surface area contributed by atoms with Crippen LogP contribution in [0.15, 0.2) is 71.2 Å². The van der Waals surface area contributed by atoms with E-state index in [1.165, 1.54) is 5.56 Å². The third-order valence-corrected chi connectivity index (χ3v) is 4.84. The summed E-state index contributed by atoms with van der Waals surface area (Å²) in [7, 11) is 1.66. The van der Waals surface area contributed by atoms with E-state index in [0.29, 0.717) is 13.2 Å². The van der Waals surface area contributed by atoms with Gasteiger partial charge in [-0.2, -0.15) is 0 Å². The lowest BCUT2D eigenvalue weighted by molar-refractivity contribution is 0.284. The normalized spacial score (nSPS) is 10.4. The topological polar surface area (TPSA) is 30.5 Å². The zero-order valence-electron chi connectivity index (χ0n) is 15.0. The first-order valence-corrected chi connectivity index (χ1v) is 9.28. The molecular weight excluding hydrogens is 390 g/mol. The van der Waals surface area contributed by atoms with E-state index < -0.39 is 0 Å². The smallest absolute Gasteiger partial charge is 0.162 e. The Morgan fingerprint density at radius 1 is 0.923 bits per heavy atom. The van der Waals surface area contributed by atoms with Crippen molar-refractivity contribution in [2.24, 2.45) is 0 Å². The molecule has 0 heterocycles. The summed E-state index contributed by atoms with van der Waals surface area (Å²) in [5.41, 5.74) is 4.56. The molecule has 0 saturated heterocycles. The van der Waals surface area contributed by atoms with Crippen LogP contribution in [0.3, 0.4) is 0 Å². The van der Waals surface area contributed by atoms with Gasteiger partial charge in [0, 0.05) is 16.7 Å². The van der Waals surface area contributed by atoms with Crippen LogP contribution < -0.4 is 14.8 Å². The summed E-state index contributed by atoms with van der Waals surface area (Å²) < 4.78 is 12.5. The number of hydrogen-bond acceptors (Lipinski definition) is 3. The third kappa shape index (κ3) is 4.79. The summed E-state index contributed by atoms with van der Waals surface area (Å²) in [6.07, 6.45) is 0. The van der Waals surface area contributed by atoms with Crippen LogP contribution in [-0.2, 0) is 13.2 Å². The Hall–Kier alpha value is -2.46. The lowest BCUT2D eigenvalue weighted by Crippen LogP contribution is -2.03. The van der Waals surface area contributed by atoms with Crippen LogP contribution in [0.25, 0.3) is 0 Å². The van der Waals surface area contributed by atoms with Crippen molar-refractivity contribution in [1.29, 1.82) is 0 Å². The molecule has 3 aromatic rings. The summed E-state index contributed by atoms with van der Waals surface area (Å²) in [5.74, 6) is 1.45. The van der Waals surface area contributed by atoms with E-state index in [1.54, 1.807) is 7.11 Å². The molecule has 0 aliphatic heterocycles. The standard InChI is InChI=1S/C22H22BrNO2/c1-16-8-10-19(11-9-16)24-14-18-12-21(25-2)22(13-20(18)23)26-15-17-6-4-3-5-7-17/h3-13,24H,14-15H2,1-2H3. The van der Waals surface area contributed by atoms with E-state index in [9.17, 15) is 0 Å². The Morgan fingerprint density at radius 3 is 2.35 bits per heavy atom. The lowest BCUT2D eigenvalue weighted by atomic mass is 10.1. The molecule has 3 nitrogen and oxygen atoms in total. The number of ether oxygens (including phenoxy) is 2. The average molecular weight is 412 g/mol. The van der Waals surface area contributed by atoms with Crippen LogP contribution in [0, 0.1) is 6.92 Å². The molecule has 0 atom stereocenters. The molecule has 26 heavy (non-hydrogen) atoms. The monoisotopic (exact) mass is 411 g/mol. The SMILES string of the molecule is COc1cc(CNc2ccc(C)cc2)c(Br)cc1OCc1ccccc1. The van der Waals surface area contributed by atoms with Crippen molar-refractivity contribution in [3.05, 3.63) is 87.9 Å². The minimum Gasteiger partial charge on any atom is -0.493 e. The molecule has 0 fully saturated rings. The van der Waals surface area contributed by atoms with Crippen LogP contribution >= 0.6 is 15.9 Å². The minimum atomic E-state index is 0.505. The van der Waals surface area contributed by atoms with Gasteiger partial charge in [0.2, 0.25) is 0 Å². The van der Waals surface area contributed by atoms with Gasteiger partial charge < -0.3 is 14.8 Å². The van der Waals surface area contributed by atoms with Crippen molar-refractivity contribution >= 4 is 21.6 Å². The molecule has 134 valence electrons. The van der Waals surface area contributed by atoms with E-state index in [-0.39, 0.29) is 0 Å². The van der Waals surface area contributed by atoms with Gasteiger partial charge in [0.1, 0.15) is 6.61 Å². The minimum absolute atomic E-state index is 0.505. The van der Waals surface area contributed by atoms with Crippen LogP contribution in [0.4, 0.5) is 5.69 Å². The molecule has 3 rings (SSSR count). The van der Waals surface area contributed by atoms with Gasteiger partial charge in [-0.1, -0.05) is 64.0 Å². The van der Waals surface area contributed by atoms with Crippen LogP contribution in [0.1, 0.15) is 16.7 Å². The molecule has 3 aromatic carbocycles. The van der Waals surface area contributed by atoms with Crippen LogP contribution in [-0.4, -0.2) is 7.11 Å². The van der Waals surface area contributed by atoms with Gasteiger partial charge in [0.25, 0.3) is 0 Å². The van der Waals surface area contributed by atoms with E-state index >= 15 is 0 Å². The molecular formula is C22H22BrNO2. The fraction of sp³-hybridized carbons (Fsp3) is 0.182. The second-order valence-corrected chi connectivity index (χ2v) is 6.94. The van der Waals surface area contributed by atoms with Crippen molar-refractivity contribution in [3.8, 4) is 11.5 Å². The summed E-state index contributed by atoms with van der Waals surface area (Å²) in [6, 6.07) is 22.4. The number of rotatable bonds is 7. The molecule has 0 aliphatic rings. The maximum Gasteiger partial charge on any atom is 0.162 e. The van der Waals surface area contributed by atoms with Gasteiger partial charge >= 0.3 is 0 Å². The summed E-state index contributed by atoms with van der Waals surface area (Å²) in [4.78, 5) is 0. The predicted octanol–water partition coefficient (Wildman–Crippen LogP) is 5.96. The van der Waals surface area contributed by atoms with Gasteiger partial charge in [-0.15, -0.1) is 0 Å². The predicted molar refractivity (Wildman–Crippen MR) is 110 cm³/mol. The first kappa shape index (κ1) is 18.3. The highest BCUT2D eigenvalue weighted by Crippen LogP contribution is 2.34. The number of hydrogen-bond donors (Lipinski definition) is 1. The highest BCUT2D eigenvalue weighted by atomic mass is 79.9. The molecule has 0 aromatic heterocycles. The zero-order chi connectivity index (χ0) is 18.4. The molecule has 4 heteroatoms. The molecule has 0 radical (unpaired) electrons. The maximum absolute atomic E-state index is 5.95. The number of benzene rings is 3. The summed E-state index contributed by atoms with van der Waals surface area (Å²) >= 11 is 3.65. The average Bonchev–Trinajstić information content (AvgIpc) is 2.67. The Morgan fingerprint density at radius 2 is 1.65 bits per heavy atom. The first-order chi connectivity index (χ1) is 12.7. The quantitative estimate of drug-likeness (QED) is 0.520. The van der Waals surface area contributed by atoms with E-state index in [2.05, 4.69) is 52.4 Å². The molecule has 0 aliphatic carbocycles. The highest BCUT2D eigenvalue weighted by Gasteiger charge is 2.11. The van der Waals surface area contributed by atoms with Gasteiger partial charge in [-0.3, -0.25) is 0 Å². The van der Waals surface area contributed by atoms with Gasteiger partial charge in [0.05, 0.1) is 7.11 Å². The van der Waals surface area contributed by atoms with Crippen molar-refractivity contribution in [3.63, 3.8) is 0 Å². The van der Waals surface area contributed by atoms with E-state index in [4.69, 9.17) is 9.47 Å². The van der Waals surface area contributed by atoms with E-state index in [0.717, 1.165) is 32.8 Å². The van der Waals surface area contributed by atoms with Gasteiger partial charge in [-0.25, -0.2) is 0 Å². The summed E-state index contributed by atoms with van der Waals surface area (Å²) in [5, 5.41) is 3.43. The number of halogens is 1. The molecule has 0 bridgehead atoms. The highest BCUT2D eigenvalue weighted by molar-refractivity contribution is 9.10. The number of aryl methyl sites for hydroxylation is 1. The van der Waals surface area contributed by atoms with E-state index in [1.807, 2.05) is 42.5 Å².